The topological polar surface area (TPSA) is 91.6 Å². The van der Waals surface area contributed by atoms with Crippen molar-refractivity contribution in [1.29, 1.82) is 0 Å². The molecule has 2 rings (SSSR count). The zero-order valence-corrected chi connectivity index (χ0v) is 11.6. The highest BCUT2D eigenvalue weighted by molar-refractivity contribution is 6.39. The average Bonchev–Trinajstić information content (AvgIpc) is 3.01. The van der Waals surface area contributed by atoms with Gasteiger partial charge in [-0.3, -0.25) is 9.59 Å². The van der Waals surface area contributed by atoms with Gasteiger partial charge in [-0.15, -0.1) is 0 Å². The van der Waals surface area contributed by atoms with Gasteiger partial charge in [0.15, 0.2) is 0 Å². The monoisotopic (exact) mass is 306 g/mol. The molecule has 116 valence electrons. The third-order valence-corrected chi connectivity index (χ3v) is 2.92. The van der Waals surface area contributed by atoms with Crippen LogP contribution < -0.4 is 10.6 Å². The van der Waals surface area contributed by atoms with E-state index in [9.17, 15) is 19.1 Å². The predicted molar refractivity (Wildman–Crippen MR) is 76.3 cm³/mol. The number of carbonyl (C=O) groups is 2. The Labute approximate surface area is 125 Å². The summed E-state index contributed by atoms with van der Waals surface area (Å²) in [5.41, 5.74) is 0.789. The molecule has 0 saturated carbocycles. The standard InChI is InChI=1S/C15H15FN2O4/c16-11-2-1-3-12(8-11)18-15(21)14(20)17-6-4-13(19)10-5-7-22-9-10/h1-3,5,7-9,13,19H,4,6H2,(H,17,20)(H,18,21). The maximum absolute atomic E-state index is 13.0. The number of halogens is 1. The lowest BCUT2D eigenvalue weighted by Gasteiger charge is -2.09. The summed E-state index contributed by atoms with van der Waals surface area (Å²) < 4.78 is 17.8. The van der Waals surface area contributed by atoms with Crippen LogP contribution >= 0.6 is 0 Å². The number of anilines is 1. The summed E-state index contributed by atoms with van der Waals surface area (Å²) in [7, 11) is 0. The molecular formula is C15H15FN2O4. The van der Waals surface area contributed by atoms with Gasteiger partial charge in [-0.05, 0) is 30.7 Å². The fraction of sp³-hybridized carbons (Fsp3) is 0.200. The maximum atomic E-state index is 13.0. The van der Waals surface area contributed by atoms with Crippen LogP contribution in [-0.2, 0) is 9.59 Å². The van der Waals surface area contributed by atoms with E-state index in [1.54, 1.807) is 6.07 Å². The number of nitrogens with one attached hydrogen (secondary N) is 2. The molecule has 2 amide bonds. The number of amides is 2. The minimum atomic E-state index is -0.900. The van der Waals surface area contributed by atoms with Gasteiger partial charge in [0.1, 0.15) is 5.82 Å². The van der Waals surface area contributed by atoms with Crippen molar-refractivity contribution >= 4 is 17.5 Å². The first-order valence-electron chi connectivity index (χ1n) is 6.61. The molecule has 1 aromatic carbocycles. The van der Waals surface area contributed by atoms with Gasteiger partial charge in [0.25, 0.3) is 0 Å². The van der Waals surface area contributed by atoms with Crippen LogP contribution in [0.15, 0.2) is 47.3 Å². The number of aliphatic hydroxyl groups is 1. The van der Waals surface area contributed by atoms with Crippen LogP contribution in [0.4, 0.5) is 10.1 Å². The molecule has 0 aliphatic heterocycles. The maximum Gasteiger partial charge on any atom is 0.313 e. The Kier molecular flexibility index (Phi) is 5.26. The summed E-state index contributed by atoms with van der Waals surface area (Å²) in [5, 5.41) is 14.4. The van der Waals surface area contributed by atoms with Crippen molar-refractivity contribution in [2.24, 2.45) is 0 Å². The van der Waals surface area contributed by atoms with Crippen LogP contribution in [0.25, 0.3) is 0 Å². The first-order chi connectivity index (χ1) is 10.6. The van der Waals surface area contributed by atoms with Gasteiger partial charge in [0.05, 0.1) is 18.6 Å². The van der Waals surface area contributed by atoms with E-state index in [0.717, 1.165) is 6.07 Å². The largest absolute Gasteiger partial charge is 0.472 e. The molecule has 1 atom stereocenters. The van der Waals surface area contributed by atoms with E-state index >= 15 is 0 Å². The molecule has 0 aliphatic carbocycles. The van der Waals surface area contributed by atoms with Crippen LogP contribution in [0.3, 0.4) is 0 Å². The van der Waals surface area contributed by atoms with Crippen molar-refractivity contribution in [3.8, 4) is 0 Å². The van der Waals surface area contributed by atoms with E-state index in [2.05, 4.69) is 10.6 Å². The van der Waals surface area contributed by atoms with Crippen LogP contribution in [-0.4, -0.2) is 23.5 Å². The summed E-state index contributed by atoms with van der Waals surface area (Å²) in [6.45, 7) is 0.113. The molecule has 2 aromatic rings. The minimum Gasteiger partial charge on any atom is -0.472 e. The molecule has 0 spiro atoms. The Hall–Kier alpha value is -2.67. The molecule has 0 radical (unpaired) electrons. The lowest BCUT2D eigenvalue weighted by Crippen LogP contribution is -2.36. The number of hydrogen-bond donors (Lipinski definition) is 3. The first-order valence-corrected chi connectivity index (χ1v) is 6.61. The number of benzene rings is 1. The molecule has 0 fully saturated rings. The van der Waals surface area contributed by atoms with Crippen molar-refractivity contribution < 1.29 is 23.5 Å². The highest BCUT2D eigenvalue weighted by atomic mass is 19.1. The fourth-order valence-electron chi connectivity index (χ4n) is 1.79. The fourth-order valence-corrected chi connectivity index (χ4v) is 1.79. The van der Waals surface area contributed by atoms with Gasteiger partial charge < -0.3 is 20.2 Å². The zero-order chi connectivity index (χ0) is 15.9. The summed E-state index contributed by atoms with van der Waals surface area (Å²) in [4.78, 5) is 23.2. The summed E-state index contributed by atoms with van der Waals surface area (Å²) in [5.74, 6) is -2.27. The molecule has 6 nitrogen and oxygen atoms in total. The number of hydrogen-bond acceptors (Lipinski definition) is 4. The number of aliphatic hydroxyl groups excluding tert-OH is 1. The second-order valence-corrected chi connectivity index (χ2v) is 4.58. The van der Waals surface area contributed by atoms with Gasteiger partial charge in [-0.2, -0.15) is 0 Å². The molecule has 0 aliphatic rings. The molecule has 0 bridgehead atoms. The van der Waals surface area contributed by atoms with E-state index in [0.29, 0.717) is 5.56 Å². The first kappa shape index (κ1) is 15.7. The molecular weight excluding hydrogens is 291 g/mol. The van der Waals surface area contributed by atoms with Crippen molar-refractivity contribution in [3.05, 3.63) is 54.2 Å². The molecule has 1 heterocycles. The zero-order valence-electron chi connectivity index (χ0n) is 11.6. The van der Waals surface area contributed by atoms with Crippen LogP contribution in [0.5, 0.6) is 0 Å². The highest BCUT2D eigenvalue weighted by Crippen LogP contribution is 2.15. The smallest absolute Gasteiger partial charge is 0.313 e. The SMILES string of the molecule is O=C(NCCC(O)c1ccoc1)C(=O)Nc1cccc(F)c1. The summed E-state index contributed by atoms with van der Waals surface area (Å²) >= 11 is 0. The Morgan fingerprint density at radius 1 is 1.27 bits per heavy atom. The number of rotatable bonds is 5. The second-order valence-electron chi connectivity index (χ2n) is 4.58. The van der Waals surface area contributed by atoms with Crippen molar-refractivity contribution in [2.75, 3.05) is 11.9 Å². The van der Waals surface area contributed by atoms with Gasteiger partial charge in [0, 0.05) is 17.8 Å². The van der Waals surface area contributed by atoms with Crippen LogP contribution in [0, 0.1) is 5.82 Å². The van der Waals surface area contributed by atoms with E-state index in [1.807, 2.05) is 0 Å². The number of furan rings is 1. The van der Waals surface area contributed by atoms with Gasteiger partial charge in [0.2, 0.25) is 0 Å². The minimum absolute atomic E-state index is 0.113. The quantitative estimate of drug-likeness (QED) is 0.732. The third-order valence-electron chi connectivity index (χ3n) is 2.92. The Morgan fingerprint density at radius 3 is 2.77 bits per heavy atom. The Bertz CT molecular complexity index is 643. The van der Waals surface area contributed by atoms with E-state index < -0.39 is 23.7 Å². The normalized spacial score (nSPS) is 11.7. The Morgan fingerprint density at radius 2 is 2.09 bits per heavy atom. The summed E-state index contributed by atoms with van der Waals surface area (Å²) in [6, 6.07) is 6.84. The second kappa shape index (κ2) is 7.37. The predicted octanol–water partition coefficient (Wildman–Crippen LogP) is 1.60. The third kappa shape index (κ3) is 4.42. The van der Waals surface area contributed by atoms with E-state index in [4.69, 9.17) is 4.42 Å². The van der Waals surface area contributed by atoms with E-state index in [-0.39, 0.29) is 18.7 Å². The molecule has 7 heteroatoms. The molecule has 3 N–H and O–H groups in total. The van der Waals surface area contributed by atoms with Gasteiger partial charge in [-0.1, -0.05) is 6.07 Å². The van der Waals surface area contributed by atoms with Crippen molar-refractivity contribution in [2.45, 2.75) is 12.5 Å². The van der Waals surface area contributed by atoms with Crippen molar-refractivity contribution in [3.63, 3.8) is 0 Å². The Balaban J connectivity index is 1.76. The lowest BCUT2D eigenvalue weighted by molar-refractivity contribution is -0.136. The number of carbonyl (C=O) groups excluding carboxylic acids is 2. The molecule has 1 unspecified atom stereocenters. The van der Waals surface area contributed by atoms with Crippen LogP contribution in [0.1, 0.15) is 18.1 Å². The average molecular weight is 306 g/mol. The highest BCUT2D eigenvalue weighted by Gasteiger charge is 2.15. The van der Waals surface area contributed by atoms with Crippen LogP contribution in [0.2, 0.25) is 0 Å². The van der Waals surface area contributed by atoms with E-state index in [1.165, 1.54) is 30.7 Å². The van der Waals surface area contributed by atoms with Crippen molar-refractivity contribution in [1.82, 2.24) is 5.32 Å². The summed E-state index contributed by atoms with van der Waals surface area (Å²) in [6.07, 6.45) is 2.29. The molecule has 1 aromatic heterocycles. The molecule has 22 heavy (non-hydrogen) atoms. The lowest BCUT2D eigenvalue weighted by atomic mass is 10.1. The van der Waals surface area contributed by atoms with Gasteiger partial charge in [-0.25, -0.2) is 4.39 Å². The molecule has 0 saturated heterocycles. The van der Waals surface area contributed by atoms with Gasteiger partial charge >= 0.3 is 11.8 Å².